The first-order valence-electron chi connectivity index (χ1n) is 21.0. The van der Waals surface area contributed by atoms with Gasteiger partial charge in [0.1, 0.15) is 34.2 Å². The molecule has 8 rings (SSSR count). The van der Waals surface area contributed by atoms with Crippen molar-refractivity contribution in [2.75, 3.05) is 48.5 Å². The monoisotopic (exact) mass is 968 g/mol. The average molecular weight is 971 g/mol. The van der Waals surface area contributed by atoms with Gasteiger partial charge >= 0.3 is 0 Å². The van der Waals surface area contributed by atoms with Gasteiger partial charge in [-0.15, -0.1) is 24.8 Å². The maximum Gasteiger partial charge on any atom is 0.294 e. The normalized spacial score (nSPS) is 18.1. The number of rotatable bonds is 12. The molecule has 0 spiro atoms. The van der Waals surface area contributed by atoms with Crippen molar-refractivity contribution in [2.24, 2.45) is 11.8 Å². The van der Waals surface area contributed by atoms with Crippen LogP contribution in [0.25, 0.3) is 21.9 Å². The largest absolute Gasteiger partial charge is 0.449 e. The molecule has 2 aromatic carbocycles. The van der Waals surface area contributed by atoms with Crippen LogP contribution in [-0.4, -0.2) is 82.9 Å². The number of hydrogen-bond acceptors (Lipinski definition) is 11. The van der Waals surface area contributed by atoms with Crippen LogP contribution in [0, 0.1) is 11.8 Å². The van der Waals surface area contributed by atoms with Gasteiger partial charge in [-0.25, -0.2) is 9.97 Å². The second-order valence-electron chi connectivity index (χ2n) is 15.8. The Bertz CT molecular complexity index is 2540. The molecule has 15 nitrogen and oxygen atoms in total. The first-order valence-corrected chi connectivity index (χ1v) is 21.8. The van der Waals surface area contributed by atoms with Gasteiger partial charge in [0.05, 0.1) is 16.7 Å². The van der Waals surface area contributed by atoms with E-state index in [-0.39, 0.29) is 66.6 Å². The van der Waals surface area contributed by atoms with E-state index in [1.54, 1.807) is 36.4 Å². The predicted molar refractivity (Wildman–Crippen MR) is 259 cm³/mol. The van der Waals surface area contributed by atoms with E-state index in [1.165, 1.54) is 12.4 Å². The third-order valence-corrected chi connectivity index (χ3v) is 12.1. The predicted octanol–water partition coefficient (Wildman–Crippen LogP) is 9.45. The van der Waals surface area contributed by atoms with E-state index in [0.717, 1.165) is 51.4 Å². The zero-order chi connectivity index (χ0) is 44.5. The Morgan fingerprint density at radius 2 is 1.08 bits per heavy atom. The summed E-state index contributed by atoms with van der Waals surface area (Å²) in [5.74, 6) is -0.703. The van der Waals surface area contributed by atoms with Crippen molar-refractivity contribution in [3.8, 4) is 0 Å². The topological polar surface area (TPSA) is 204 Å². The van der Waals surface area contributed by atoms with Gasteiger partial charge < -0.3 is 45.4 Å². The molecule has 0 atom stereocenters. The second-order valence-corrected chi connectivity index (χ2v) is 16.6. The summed E-state index contributed by atoms with van der Waals surface area (Å²) in [4.78, 5) is 62.2. The number of likely N-dealkylation sites (N-methyl/N-ethyl adjacent to an activating group) is 1. The van der Waals surface area contributed by atoms with Crippen molar-refractivity contribution in [3.05, 3.63) is 107 Å². The number of aliphatic hydroxyl groups excluding tert-OH is 1. The van der Waals surface area contributed by atoms with E-state index in [1.807, 2.05) is 50.5 Å². The third kappa shape index (κ3) is 12.8. The average Bonchev–Trinajstić information content (AvgIpc) is 3.86. The molecule has 0 radical (unpaired) electrons. The molecular formula is C46H52Cl4N8O7. The zero-order valence-corrected chi connectivity index (χ0v) is 38.9. The van der Waals surface area contributed by atoms with E-state index in [4.69, 9.17) is 37.1 Å². The van der Waals surface area contributed by atoms with Gasteiger partial charge in [0.15, 0.2) is 0 Å². The number of amides is 4. The van der Waals surface area contributed by atoms with Crippen molar-refractivity contribution in [1.82, 2.24) is 20.2 Å². The van der Waals surface area contributed by atoms with E-state index in [2.05, 4.69) is 41.5 Å². The van der Waals surface area contributed by atoms with E-state index in [0.29, 0.717) is 73.6 Å². The van der Waals surface area contributed by atoms with Crippen LogP contribution in [0.15, 0.2) is 94.0 Å². The summed E-state index contributed by atoms with van der Waals surface area (Å²) >= 11 is 11.7. The number of para-hydroxylation sites is 2. The fraction of sp³-hybridized carbons (Fsp3) is 0.348. The van der Waals surface area contributed by atoms with Gasteiger partial charge in [-0.05, 0) is 114 Å². The Balaban J connectivity index is 0.000000238. The Morgan fingerprint density at radius 1 is 0.646 bits per heavy atom. The molecule has 0 bridgehead atoms. The molecule has 4 heterocycles. The number of hydrogen-bond donors (Lipinski definition) is 6. The second kappa shape index (κ2) is 23.8. The van der Waals surface area contributed by atoms with Gasteiger partial charge in [0, 0.05) is 53.6 Å². The number of fused-ring (bicyclic) bond motifs is 2. The SMILES string of the molecule is CN(CCO)C1CCC(C(=O)Nc2c(C(=O)Nc3ccc(Cl)cn3)oc3ccccc23)CC1.CNC1CCC(C(=O)Nc2c(C(=O)Nc3ccc(Cl)cn3)oc3ccccc23)CC1.Cl.Cl. The number of nitrogens with one attached hydrogen (secondary N) is 5. The Labute approximate surface area is 398 Å². The van der Waals surface area contributed by atoms with Gasteiger partial charge in [0.2, 0.25) is 23.3 Å². The standard InChI is InChI=1S/C24H27ClN4O4.C22H23ClN4O3.2ClH/c1-29(12-13-30)17-9-6-15(7-10-17)23(31)28-21-18-4-2-3-5-19(18)33-22(21)24(32)27-20-11-8-16(25)14-26-20;1-24-15-9-6-13(7-10-15)21(28)27-19-16-4-2-3-5-17(16)30-20(19)22(29)26-18-11-8-14(23)12-25-18;;/h2-5,8,11,14-15,17,30H,6-7,9-10,12-13H2,1H3,(H,28,31)(H,26,27,32);2-5,8,11-13,15,24H,6-7,9-10H2,1H3,(H,27,28)(H,25,26,29);2*1H. The summed E-state index contributed by atoms with van der Waals surface area (Å²) in [6.07, 6.45) is 9.68. The Kier molecular flexibility index (Phi) is 18.6. The molecule has 0 saturated heterocycles. The molecule has 0 unspecified atom stereocenters. The van der Waals surface area contributed by atoms with Crippen LogP contribution in [0.2, 0.25) is 10.0 Å². The quantitative estimate of drug-likeness (QED) is 0.0682. The fourth-order valence-corrected chi connectivity index (χ4v) is 8.34. The lowest BCUT2D eigenvalue weighted by Crippen LogP contribution is -2.39. The number of halogens is 4. The van der Waals surface area contributed by atoms with Crippen molar-refractivity contribution in [2.45, 2.75) is 63.5 Å². The summed E-state index contributed by atoms with van der Waals surface area (Å²) in [7, 11) is 3.95. The Morgan fingerprint density at radius 3 is 1.48 bits per heavy atom. The number of nitrogens with zero attached hydrogens (tertiary/aromatic N) is 3. The number of pyridine rings is 2. The highest BCUT2D eigenvalue weighted by Crippen LogP contribution is 2.35. The maximum absolute atomic E-state index is 13.1. The smallest absolute Gasteiger partial charge is 0.294 e. The molecule has 6 N–H and O–H groups in total. The number of anilines is 4. The molecule has 2 fully saturated rings. The number of benzene rings is 2. The van der Waals surface area contributed by atoms with Crippen molar-refractivity contribution in [3.63, 3.8) is 0 Å². The molecule has 2 aliphatic rings. The van der Waals surface area contributed by atoms with E-state index < -0.39 is 11.8 Å². The highest BCUT2D eigenvalue weighted by molar-refractivity contribution is 6.30. The molecule has 2 saturated carbocycles. The van der Waals surface area contributed by atoms with E-state index in [9.17, 15) is 19.2 Å². The van der Waals surface area contributed by atoms with Crippen LogP contribution in [0.1, 0.15) is 72.5 Å². The molecule has 6 aromatic rings. The van der Waals surface area contributed by atoms with Gasteiger partial charge in [-0.1, -0.05) is 47.5 Å². The summed E-state index contributed by atoms with van der Waals surface area (Å²) in [5, 5.41) is 26.0. The van der Waals surface area contributed by atoms with Crippen LogP contribution < -0.4 is 26.6 Å². The number of aromatic nitrogens is 2. The van der Waals surface area contributed by atoms with Crippen LogP contribution in [0.5, 0.6) is 0 Å². The van der Waals surface area contributed by atoms with Crippen LogP contribution in [0.4, 0.5) is 23.0 Å². The lowest BCUT2D eigenvalue weighted by molar-refractivity contribution is -0.121. The zero-order valence-electron chi connectivity index (χ0n) is 35.8. The van der Waals surface area contributed by atoms with Crippen LogP contribution in [-0.2, 0) is 9.59 Å². The molecule has 2 aliphatic carbocycles. The molecule has 65 heavy (non-hydrogen) atoms. The Hall–Kier alpha value is -5.26. The van der Waals surface area contributed by atoms with Gasteiger partial charge in [-0.2, -0.15) is 0 Å². The molecular weight excluding hydrogens is 918 g/mol. The van der Waals surface area contributed by atoms with Crippen molar-refractivity contribution >= 4 is 117 Å². The molecule has 4 aromatic heterocycles. The minimum Gasteiger partial charge on any atom is -0.449 e. The highest BCUT2D eigenvalue weighted by Gasteiger charge is 2.31. The molecule has 0 aliphatic heterocycles. The summed E-state index contributed by atoms with van der Waals surface area (Å²) in [6, 6.07) is 21.7. The minimum absolute atomic E-state index is 0. The lowest BCUT2D eigenvalue weighted by atomic mass is 9.85. The molecule has 4 amide bonds. The van der Waals surface area contributed by atoms with Crippen LogP contribution >= 0.6 is 48.0 Å². The summed E-state index contributed by atoms with van der Waals surface area (Å²) in [6.45, 7) is 0.754. The molecule has 346 valence electrons. The third-order valence-electron chi connectivity index (χ3n) is 11.7. The summed E-state index contributed by atoms with van der Waals surface area (Å²) < 4.78 is 11.6. The van der Waals surface area contributed by atoms with Gasteiger partial charge in [0.25, 0.3) is 11.8 Å². The van der Waals surface area contributed by atoms with Crippen molar-refractivity contribution < 1.29 is 33.1 Å². The minimum atomic E-state index is -0.509. The number of carbonyl (C=O) groups is 4. The first-order chi connectivity index (χ1) is 30.5. The molecule has 19 heteroatoms. The summed E-state index contributed by atoms with van der Waals surface area (Å²) in [5.41, 5.74) is 1.79. The van der Waals surface area contributed by atoms with Gasteiger partial charge in [-0.3, -0.25) is 19.2 Å². The van der Waals surface area contributed by atoms with E-state index >= 15 is 0 Å². The number of aliphatic hydroxyl groups is 1. The number of furan rings is 2. The maximum atomic E-state index is 13.1. The highest BCUT2D eigenvalue weighted by atomic mass is 35.5. The first kappa shape index (κ1) is 50.7. The van der Waals surface area contributed by atoms with Crippen LogP contribution in [0.3, 0.4) is 0 Å². The van der Waals surface area contributed by atoms with Crippen molar-refractivity contribution in [1.29, 1.82) is 0 Å². The fourth-order valence-electron chi connectivity index (χ4n) is 8.12. The number of carbonyl (C=O) groups excluding carboxylic acids is 4. The lowest BCUT2D eigenvalue weighted by Gasteiger charge is -2.33.